The summed E-state index contributed by atoms with van der Waals surface area (Å²) in [5.74, 6) is 2.59. The van der Waals surface area contributed by atoms with Crippen molar-refractivity contribution >= 4 is 16.9 Å². The van der Waals surface area contributed by atoms with E-state index >= 15 is 0 Å². The van der Waals surface area contributed by atoms with Crippen LogP contribution in [0.5, 0.6) is 5.75 Å². The zero-order chi connectivity index (χ0) is 26.9. The first-order valence-corrected chi connectivity index (χ1v) is 14.0. The summed E-state index contributed by atoms with van der Waals surface area (Å²) in [4.78, 5) is 17.4. The summed E-state index contributed by atoms with van der Waals surface area (Å²) in [5.41, 5.74) is 6.49. The molecule has 3 aromatic carbocycles. The fraction of sp³-hybridized carbons (Fsp3) is 0.394. The van der Waals surface area contributed by atoms with Crippen LogP contribution < -0.4 is 10.1 Å². The van der Waals surface area contributed by atoms with Gasteiger partial charge in [-0.15, -0.1) is 0 Å². The van der Waals surface area contributed by atoms with Crippen molar-refractivity contribution in [2.75, 3.05) is 13.2 Å². The average Bonchev–Trinajstić information content (AvgIpc) is 3.27. The number of nitrogens with zero attached hydrogens (tertiary/aromatic N) is 2. The smallest absolute Gasteiger partial charge is 0.251 e. The highest BCUT2D eigenvalue weighted by Gasteiger charge is 2.11. The Morgan fingerprint density at radius 1 is 1.00 bits per heavy atom. The Balaban J connectivity index is 1.27. The molecule has 5 nitrogen and oxygen atoms in total. The lowest BCUT2D eigenvalue weighted by Crippen LogP contribution is -2.25. The van der Waals surface area contributed by atoms with Crippen LogP contribution in [0.15, 0.2) is 66.7 Å². The summed E-state index contributed by atoms with van der Waals surface area (Å²) in [7, 11) is 0. The summed E-state index contributed by atoms with van der Waals surface area (Å²) < 4.78 is 8.39. The summed E-state index contributed by atoms with van der Waals surface area (Å²) in [6.45, 7) is 10.5. The van der Waals surface area contributed by atoms with Gasteiger partial charge in [0.1, 0.15) is 18.2 Å². The summed E-state index contributed by atoms with van der Waals surface area (Å²) in [6, 6.07) is 22.8. The number of imidazole rings is 1. The van der Waals surface area contributed by atoms with Crippen molar-refractivity contribution in [2.45, 2.75) is 72.3 Å². The second-order valence-corrected chi connectivity index (χ2v) is 10.3. The zero-order valence-corrected chi connectivity index (χ0v) is 23.3. The molecule has 0 saturated heterocycles. The summed E-state index contributed by atoms with van der Waals surface area (Å²) in [6.07, 6.45) is 5.06. The van der Waals surface area contributed by atoms with Gasteiger partial charge < -0.3 is 14.6 Å². The van der Waals surface area contributed by atoms with Crippen molar-refractivity contribution in [3.63, 3.8) is 0 Å². The molecule has 0 bridgehead atoms. The number of hydrogen-bond donors (Lipinski definition) is 1. The topological polar surface area (TPSA) is 56.1 Å². The number of ether oxygens (including phenoxy) is 1. The third-order valence-electron chi connectivity index (χ3n) is 7.37. The predicted molar refractivity (Wildman–Crippen MR) is 156 cm³/mol. The van der Waals surface area contributed by atoms with Gasteiger partial charge in [0, 0.05) is 18.5 Å². The normalized spacial score (nSPS) is 12.0. The minimum Gasteiger partial charge on any atom is -0.492 e. The van der Waals surface area contributed by atoms with E-state index in [-0.39, 0.29) is 5.91 Å². The number of rotatable bonds is 13. The number of aryl methyl sites for hydroxylation is 3. The number of para-hydroxylation sites is 2. The predicted octanol–water partition coefficient (Wildman–Crippen LogP) is 7.39. The van der Waals surface area contributed by atoms with Crippen molar-refractivity contribution in [1.29, 1.82) is 0 Å². The van der Waals surface area contributed by atoms with Gasteiger partial charge in [0.15, 0.2) is 0 Å². The molecule has 4 aromatic rings. The molecule has 1 N–H and O–H groups in total. The molecule has 0 aliphatic rings. The monoisotopic (exact) mass is 511 g/mol. The minimum atomic E-state index is 0.0128. The van der Waals surface area contributed by atoms with E-state index in [0.717, 1.165) is 72.4 Å². The van der Waals surface area contributed by atoms with Crippen molar-refractivity contribution < 1.29 is 9.53 Å². The van der Waals surface area contributed by atoms with Gasteiger partial charge in [-0.3, -0.25) is 4.79 Å². The quantitative estimate of drug-likeness (QED) is 0.190. The van der Waals surface area contributed by atoms with E-state index < -0.39 is 0 Å². The van der Waals surface area contributed by atoms with Crippen molar-refractivity contribution in [3.8, 4) is 5.75 Å². The lowest BCUT2D eigenvalue weighted by Gasteiger charge is -2.13. The lowest BCUT2D eigenvalue weighted by molar-refractivity contribution is 0.0952. The molecule has 200 valence electrons. The highest BCUT2D eigenvalue weighted by Crippen LogP contribution is 2.22. The molecule has 0 spiro atoms. The SMILES string of the molecule is CCC(C)c1ccc(OCCn2c(CCCCCNC(=O)c3ccc(C)cc3C)nc3ccccc32)cc1. The molecule has 0 aliphatic heterocycles. The molecule has 0 saturated carbocycles. The van der Waals surface area contributed by atoms with Gasteiger partial charge in [-0.1, -0.05) is 62.2 Å². The number of hydrogen-bond acceptors (Lipinski definition) is 3. The molecule has 4 rings (SSSR count). The van der Waals surface area contributed by atoms with Gasteiger partial charge in [-0.2, -0.15) is 0 Å². The molecule has 1 heterocycles. The molecule has 1 aromatic heterocycles. The maximum Gasteiger partial charge on any atom is 0.251 e. The Morgan fingerprint density at radius 2 is 1.79 bits per heavy atom. The van der Waals surface area contributed by atoms with E-state index in [1.807, 2.05) is 32.0 Å². The van der Waals surface area contributed by atoms with Crippen LogP contribution in [0.25, 0.3) is 11.0 Å². The van der Waals surface area contributed by atoms with Gasteiger partial charge in [0.2, 0.25) is 0 Å². The zero-order valence-electron chi connectivity index (χ0n) is 23.3. The van der Waals surface area contributed by atoms with E-state index in [0.29, 0.717) is 19.1 Å². The number of benzene rings is 3. The molecular weight excluding hydrogens is 470 g/mol. The Hall–Kier alpha value is -3.60. The van der Waals surface area contributed by atoms with E-state index in [1.165, 1.54) is 11.1 Å². The fourth-order valence-electron chi connectivity index (χ4n) is 4.90. The first-order chi connectivity index (χ1) is 18.5. The minimum absolute atomic E-state index is 0.0128. The van der Waals surface area contributed by atoms with Crippen LogP contribution in [0.3, 0.4) is 0 Å². The van der Waals surface area contributed by atoms with Crippen LogP contribution in [-0.4, -0.2) is 28.6 Å². The number of nitrogens with one attached hydrogen (secondary N) is 1. The van der Waals surface area contributed by atoms with Gasteiger partial charge >= 0.3 is 0 Å². The maximum atomic E-state index is 12.5. The number of fused-ring (bicyclic) bond motifs is 1. The average molecular weight is 512 g/mol. The number of aromatic nitrogens is 2. The van der Waals surface area contributed by atoms with Crippen molar-refractivity contribution in [1.82, 2.24) is 14.9 Å². The van der Waals surface area contributed by atoms with Crippen LogP contribution in [0.4, 0.5) is 0 Å². The highest BCUT2D eigenvalue weighted by atomic mass is 16.5. The molecule has 0 radical (unpaired) electrons. The van der Waals surface area contributed by atoms with E-state index in [1.54, 1.807) is 0 Å². The van der Waals surface area contributed by atoms with Crippen LogP contribution in [-0.2, 0) is 13.0 Å². The van der Waals surface area contributed by atoms with Crippen LogP contribution in [0, 0.1) is 13.8 Å². The molecule has 1 unspecified atom stereocenters. The summed E-state index contributed by atoms with van der Waals surface area (Å²) in [5, 5.41) is 3.07. The standard InChI is InChI=1S/C33H41N3O2/c1-5-25(3)27-15-17-28(18-16-27)38-22-21-36-31-12-9-8-11-30(31)35-32(36)13-7-6-10-20-34-33(37)29-19-14-24(2)23-26(29)4/h8-9,11-12,14-19,23,25H,5-7,10,13,20-22H2,1-4H3,(H,34,37). The third kappa shape index (κ3) is 7.03. The van der Waals surface area contributed by atoms with Crippen molar-refractivity contribution in [2.24, 2.45) is 0 Å². The van der Waals surface area contributed by atoms with Crippen LogP contribution in [0.1, 0.15) is 78.3 Å². The van der Waals surface area contributed by atoms with E-state index in [2.05, 4.69) is 72.3 Å². The van der Waals surface area contributed by atoms with Crippen LogP contribution >= 0.6 is 0 Å². The fourth-order valence-corrected chi connectivity index (χ4v) is 4.90. The number of carbonyl (C=O) groups is 1. The first kappa shape index (κ1) is 27.4. The second-order valence-electron chi connectivity index (χ2n) is 10.3. The first-order valence-electron chi connectivity index (χ1n) is 14.0. The Bertz CT molecular complexity index is 1340. The van der Waals surface area contributed by atoms with Gasteiger partial charge in [-0.25, -0.2) is 4.98 Å². The van der Waals surface area contributed by atoms with Gasteiger partial charge in [0.25, 0.3) is 5.91 Å². The van der Waals surface area contributed by atoms with Gasteiger partial charge in [0.05, 0.1) is 17.6 Å². The second kappa shape index (κ2) is 13.3. The van der Waals surface area contributed by atoms with E-state index in [9.17, 15) is 4.79 Å². The van der Waals surface area contributed by atoms with Gasteiger partial charge in [-0.05, 0) is 80.5 Å². The number of unbranched alkanes of at least 4 members (excludes halogenated alkanes) is 2. The third-order valence-corrected chi connectivity index (χ3v) is 7.37. The Labute approximate surface area is 227 Å². The Morgan fingerprint density at radius 3 is 2.55 bits per heavy atom. The molecule has 0 aliphatic carbocycles. The van der Waals surface area contributed by atoms with E-state index in [4.69, 9.17) is 9.72 Å². The lowest BCUT2D eigenvalue weighted by atomic mass is 9.99. The number of carbonyl (C=O) groups excluding carboxylic acids is 1. The Kier molecular flexibility index (Phi) is 9.58. The molecule has 0 fully saturated rings. The number of amides is 1. The maximum absolute atomic E-state index is 12.5. The largest absolute Gasteiger partial charge is 0.492 e. The molecule has 5 heteroatoms. The van der Waals surface area contributed by atoms with Crippen molar-refractivity contribution in [3.05, 3.63) is 94.8 Å². The molecule has 1 atom stereocenters. The molecule has 1 amide bonds. The highest BCUT2D eigenvalue weighted by molar-refractivity contribution is 5.95. The van der Waals surface area contributed by atoms with Crippen LogP contribution in [0.2, 0.25) is 0 Å². The summed E-state index contributed by atoms with van der Waals surface area (Å²) >= 11 is 0. The molecule has 38 heavy (non-hydrogen) atoms. The molecular formula is C33H41N3O2.